The van der Waals surface area contributed by atoms with E-state index < -0.39 is 0 Å². The van der Waals surface area contributed by atoms with Crippen LogP contribution in [0.1, 0.15) is 166 Å². The summed E-state index contributed by atoms with van der Waals surface area (Å²) in [6.45, 7) is 5.07. The molecule has 0 unspecified atom stereocenters. The Balaban J connectivity index is 1.24. The Bertz CT molecular complexity index is 870. The number of ether oxygens (including phenoxy) is 2. The summed E-state index contributed by atoms with van der Waals surface area (Å²) in [6, 6.07) is 6.79. The average molecular weight is 598 g/mol. The summed E-state index contributed by atoms with van der Waals surface area (Å²) in [5.41, 5.74) is 9.21. The van der Waals surface area contributed by atoms with Crippen LogP contribution in [0.2, 0.25) is 0 Å². The number of fused-ring (bicyclic) bond motifs is 2. The highest BCUT2D eigenvalue weighted by molar-refractivity contribution is 5.71. The molecule has 246 valence electrons. The Hall–Kier alpha value is -1.55. The number of carbonyl (C=O) groups is 1. The molecule has 4 heteroatoms. The maximum atomic E-state index is 12.4. The van der Waals surface area contributed by atoms with Crippen molar-refractivity contribution in [2.24, 2.45) is 23.5 Å². The van der Waals surface area contributed by atoms with Crippen molar-refractivity contribution >= 4 is 5.97 Å². The molecular formula is C39H67NO3. The Morgan fingerprint density at radius 1 is 0.791 bits per heavy atom. The lowest BCUT2D eigenvalue weighted by Gasteiger charge is -2.32. The molecule has 0 amide bonds. The molecule has 0 bridgehead atoms. The summed E-state index contributed by atoms with van der Waals surface area (Å²) in [5.74, 6) is 2.99. The van der Waals surface area contributed by atoms with Crippen LogP contribution in [-0.2, 0) is 22.4 Å². The van der Waals surface area contributed by atoms with Crippen molar-refractivity contribution in [2.45, 2.75) is 174 Å². The molecule has 0 aliphatic heterocycles. The minimum absolute atomic E-state index is 0.0156. The quantitative estimate of drug-likeness (QED) is 0.0899. The van der Waals surface area contributed by atoms with Crippen LogP contribution in [0.15, 0.2) is 18.2 Å². The summed E-state index contributed by atoms with van der Waals surface area (Å²) in [5, 5.41) is 0. The normalized spacial score (nSPS) is 20.0. The fraction of sp³-hybridized carbons (Fsp3) is 0.821. The van der Waals surface area contributed by atoms with Crippen LogP contribution >= 0.6 is 0 Å². The van der Waals surface area contributed by atoms with E-state index in [4.69, 9.17) is 15.2 Å². The first-order valence-corrected chi connectivity index (χ1v) is 18.8. The lowest BCUT2D eigenvalue weighted by Crippen LogP contribution is -2.27. The second-order valence-electron chi connectivity index (χ2n) is 14.0. The zero-order valence-electron chi connectivity index (χ0n) is 28.2. The molecule has 4 nitrogen and oxygen atoms in total. The summed E-state index contributed by atoms with van der Waals surface area (Å²) >= 11 is 0. The van der Waals surface area contributed by atoms with Gasteiger partial charge in [0.2, 0.25) is 0 Å². The molecule has 0 saturated heterocycles. The maximum absolute atomic E-state index is 12.4. The summed E-state index contributed by atoms with van der Waals surface area (Å²) < 4.78 is 11.6. The van der Waals surface area contributed by atoms with Crippen molar-refractivity contribution in [1.82, 2.24) is 0 Å². The van der Waals surface area contributed by atoms with Crippen LogP contribution in [0.4, 0.5) is 0 Å². The van der Waals surface area contributed by atoms with Crippen molar-refractivity contribution in [3.8, 4) is 5.75 Å². The van der Waals surface area contributed by atoms with Crippen LogP contribution in [0.5, 0.6) is 5.75 Å². The molecule has 2 aliphatic rings. The van der Waals surface area contributed by atoms with Crippen molar-refractivity contribution in [2.75, 3.05) is 13.2 Å². The molecule has 0 radical (unpaired) electrons. The van der Waals surface area contributed by atoms with Gasteiger partial charge in [-0.2, -0.15) is 0 Å². The fourth-order valence-corrected chi connectivity index (χ4v) is 7.76. The van der Waals surface area contributed by atoms with Gasteiger partial charge in [-0.1, -0.05) is 129 Å². The van der Waals surface area contributed by atoms with E-state index in [-0.39, 0.29) is 12.6 Å². The van der Waals surface area contributed by atoms with Crippen molar-refractivity contribution in [3.05, 3.63) is 29.3 Å². The average Bonchev–Trinajstić information content (AvgIpc) is 3.41. The number of hydrogen-bond acceptors (Lipinski definition) is 4. The largest absolute Gasteiger partial charge is 0.482 e. The van der Waals surface area contributed by atoms with E-state index >= 15 is 0 Å². The van der Waals surface area contributed by atoms with Gasteiger partial charge in [0.05, 0.1) is 6.61 Å². The summed E-state index contributed by atoms with van der Waals surface area (Å²) in [6.07, 6.45) is 31.0. The number of nitrogens with two attached hydrogens (primary N) is 1. The number of carbonyl (C=O) groups excluding carboxylic acids is 1. The van der Waals surface area contributed by atoms with Gasteiger partial charge in [0.15, 0.2) is 6.61 Å². The van der Waals surface area contributed by atoms with E-state index in [9.17, 15) is 4.79 Å². The number of esters is 1. The van der Waals surface area contributed by atoms with Crippen LogP contribution < -0.4 is 10.5 Å². The Morgan fingerprint density at radius 2 is 1.42 bits per heavy atom. The maximum Gasteiger partial charge on any atom is 0.344 e. The third-order valence-electron chi connectivity index (χ3n) is 10.5. The van der Waals surface area contributed by atoms with Gasteiger partial charge in [-0.15, -0.1) is 0 Å². The molecule has 2 aliphatic carbocycles. The topological polar surface area (TPSA) is 61.5 Å². The lowest BCUT2D eigenvalue weighted by molar-refractivity contribution is -0.146. The molecule has 0 heterocycles. The third-order valence-corrected chi connectivity index (χ3v) is 10.5. The van der Waals surface area contributed by atoms with Crippen molar-refractivity contribution in [3.63, 3.8) is 0 Å². The zero-order valence-corrected chi connectivity index (χ0v) is 28.2. The predicted molar refractivity (Wildman–Crippen MR) is 182 cm³/mol. The van der Waals surface area contributed by atoms with E-state index in [1.54, 1.807) is 0 Å². The molecule has 1 aromatic carbocycles. The second-order valence-corrected chi connectivity index (χ2v) is 14.0. The Kier molecular flexibility index (Phi) is 18.4. The molecule has 4 atom stereocenters. The van der Waals surface area contributed by atoms with Gasteiger partial charge in [0, 0.05) is 6.04 Å². The van der Waals surface area contributed by atoms with Crippen LogP contribution in [0.25, 0.3) is 0 Å². The van der Waals surface area contributed by atoms with E-state index in [1.807, 2.05) is 6.07 Å². The first-order valence-electron chi connectivity index (χ1n) is 18.8. The fourth-order valence-electron chi connectivity index (χ4n) is 7.76. The van der Waals surface area contributed by atoms with Gasteiger partial charge < -0.3 is 15.2 Å². The van der Waals surface area contributed by atoms with E-state index in [0.717, 1.165) is 49.2 Å². The minimum Gasteiger partial charge on any atom is -0.482 e. The molecule has 0 spiro atoms. The Morgan fingerprint density at radius 3 is 2.09 bits per heavy atom. The monoisotopic (exact) mass is 598 g/mol. The van der Waals surface area contributed by atoms with Crippen molar-refractivity contribution < 1.29 is 14.3 Å². The summed E-state index contributed by atoms with van der Waals surface area (Å²) in [7, 11) is 0. The number of hydrogen-bond donors (Lipinski definition) is 1. The molecule has 1 aromatic rings. The SMILES string of the molecule is CCCCCCCCCCCCCCCCOC(=O)COc1cccc2c1C[C@H]1CC[C@H](CC[C@@H](N)CCCCC)[C@H]1C2. The van der Waals surface area contributed by atoms with E-state index in [2.05, 4.69) is 26.0 Å². The molecule has 3 rings (SSSR count). The van der Waals surface area contributed by atoms with Gasteiger partial charge in [0.25, 0.3) is 0 Å². The van der Waals surface area contributed by atoms with Crippen LogP contribution in [-0.4, -0.2) is 25.2 Å². The molecule has 43 heavy (non-hydrogen) atoms. The summed E-state index contributed by atoms with van der Waals surface area (Å²) in [4.78, 5) is 12.4. The molecule has 0 aromatic heterocycles. The number of rotatable bonds is 25. The highest BCUT2D eigenvalue weighted by Crippen LogP contribution is 2.48. The van der Waals surface area contributed by atoms with Gasteiger partial charge in [0.1, 0.15) is 5.75 Å². The molecule has 1 saturated carbocycles. The second kappa shape index (κ2) is 22.0. The first kappa shape index (κ1) is 35.9. The van der Waals surface area contributed by atoms with Crippen molar-refractivity contribution in [1.29, 1.82) is 0 Å². The number of unbranched alkanes of at least 4 members (excludes halogenated alkanes) is 15. The first-order chi connectivity index (χ1) is 21.1. The van der Waals surface area contributed by atoms with E-state index in [0.29, 0.717) is 12.6 Å². The minimum atomic E-state index is -0.239. The lowest BCUT2D eigenvalue weighted by atomic mass is 9.73. The van der Waals surface area contributed by atoms with Gasteiger partial charge in [-0.05, 0) is 86.3 Å². The van der Waals surface area contributed by atoms with Gasteiger partial charge >= 0.3 is 5.97 Å². The van der Waals surface area contributed by atoms with Gasteiger partial charge in [-0.25, -0.2) is 4.79 Å². The predicted octanol–water partition coefficient (Wildman–Crippen LogP) is 10.5. The highest BCUT2D eigenvalue weighted by Gasteiger charge is 2.39. The molecular weight excluding hydrogens is 530 g/mol. The zero-order chi connectivity index (χ0) is 30.5. The van der Waals surface area contributed by atoms with E-state index in [1.165, 1.54) is 140 Å². The smallest absolute Gasteiger partial charge is 0.344 e. The molecule has 2 N–H and O–H groups in total. The third kappa shape index (κ3) is 14.0. The van der Waals surface area contributed by atoms with Crippen LogP contribution in [0, 0.1) is 17.8 Å². The van der Waals surface area contributed by atoms with Gasteiger partial charge in [-0.3, -0.25) is 0 Å². The number of benzene rings is 1. The van der Waals surface area contributed by atoms with Crippen LogP contribution in [0.3, 0.4) is 0 Å². The molecule has 1 fully saturated rings. The standard InChI is InChI=1S/C39H67NO3/c1-3-5-7-8-9-10-11-12-13-14-15-16-17-19-28-42-39(41)31-43-38-23-20-21-33-29-36-32(24-25-34(36)30-37(33)38)26-27-35(40)22-18-6-4-2/h20-21,23,32,34-36H,3-19,22,24-31,40H2,1-2H3/t32-,34-,35+,36-/m1/s1. The Labute approximate surface area is 265 Å². The highest BCUT2D eigenvalue weighted by atomic mass is 16.6.